The van der Waals surface area contributed by atoms with Gasteiger partial charge in [0.2, 0.25) is 0 Å². The normalized spacial score (nSPS) is 10.1. The number of benzene rings is 2. The topological polar surface area (TPSA) is 44.2 Å². The summed E-state index contributed by atoms with van der Waals surface area (Å²) >= 11 is 3.37. The van der Waals surface area contributed by atoms with Crippen LogP contribution in [0.15, 0.2) is 60.9 Å². The molecular formula is C22H22N2O2S2. The lowest BCUT2D eigenvalue weighted by Gasteiger charge is -2.04. The Morgan fingerprint density at radius 2 is 1.43 bits per heavy atom. The lowest BCUT2D eigenvalue weighted by molar-refractivity contribution is 0.415. The van der Waals surface area contributed by atoms with E-state index in [1.807, 2.05) is 68.7 Å². The van der Waals surface area contributed by atoms with Gasteiger partial charge >= 0.3 is 0 Å². The van der Waals surface area contributed by atoms with Crippen molar-refractivity contribution in [1.82, 2.24) is 9.97 Å². The summed E-state index contributed by atoms with van der Waals surface area (Å²) in [4.78, 5) is 10.8. The van der Waals surface area contributed by atoms with E-state index in [-0.39, 0.29) is 0 Å². The number of hydrogen-bond acceptors (Lipinski definition) is 6. The summed E-state index contributed by atoms with van der Waals surface area (Å²) in [6.07, 6.45) is 3.78. The van der Waals surface area contributed by atoms with Gasteiger partial charge in [-0.05, 0) is 43.7 Å². The first-order valence-electron chi connectivity index (χ1n) is 8.73. The highest BCUT2D eigenvalue weighted by atomic mass is 32.1. The number of para-hydroxylation sites is 1. The highest BCUT2D eigenvalue weighted by Gasteiger charge is 2.06. The molecule has 2 aromatic heterocycles. The maximum absolute atomic E-state index is 5.29. The molecule has 4 rings (SSSR count). The Morgan fingerprint density at radius 1 is 0.750 bits per heavy atom. The molecule has 0 saturated heterocycles. The van der Waals surface area contributed by atoms with Gasteiger partial charge in [0.1, 0.15) is 11.5 Å². The highest BCUT2D eigenvalue weighted by Crippen LogP contribution is 2.33. The first kappa shape index (κ1) is 20.0. The summed E-state index contributed by atoms with van der Waals surface area (Å²) in [5, 5.41) is 2.16. The predicted molar refractivity (Wildman–Crippen MR) is 118 cm³/mol. The molecule has 0 aliphatic carbocycles. The summed E-state index contributed by atoms with van der Waals surface area (Å²) in [6.45, 7) is 4.01. The quantitative estimate of drug-likeness (QED) is 0.399. The molecule has 2 aromatic carbocycles. The number of thiazole rings is 2. The van der Waals surface area contributed by atoms with Crippen molar-refractivity contribution in [2.45, 2.75) is 13.8 Å². The van der Waals surface area contributed by atoms with Crippen LogP contribution in [0.1, 0.15) is 10.0 Å². The van der Waals surface area contributed by atoms with Gasteiger partial charge in [-0.3, -0.25) is 0 Å². The minimum atomic E-state index is 0.883. The average molecular weight is 411 g/mol. The van der Waals surface area contributed by atoms with E-state index in [1.54, 1.807) is 36.9 Å². The van der Waals surface area contributed by atoms with Crippen molar-refractivity contribution in [2.75, 3.05) is 14.2 Å². The van der Waals surface area contributed by atoms with Crippen molar-refractivity contribution in [3.8, 4) is 32.4 Å². The highest BCUT2D eigenvalue weighted by molar-refractivity contribution is 7.15. The summed E-state index contributed by atoms with van der Waals surface area (Å²) in [5.74, 6) is 1.78. The standard InChI is InChI=1S/2C11H11NOS/c1-8-12-7-11(14-8)9-4-3-5-10(6-9)13-2;1-8-12-7-11(14-8)9-5-3-4-6-10(9)13-2/h2*3-7H,1-2H3. The Bertz CT molecular complexity index is 1040. The maximum Gasteiger partial charge on any atom is 0.127 e. The van der Waals surface area contributed by atoms with E-state index in [1.165, 1.54) is 4.88 Å². The molecule has 0 fully saturated rings. The molecule has 28 heavy (non-hydrogen) atoms. The zero-order valence-corrected chi connectivity index (χ0v) is 17.9. The Kier molecular flexibility index (Phi) is 6.79. The van der Waals surface area contributed by atoms with Gasteiger partial charge < -0.3 is 9.47 Å². The fraction of sp³-hybridized carbons (Fsp3) is 0.182. The first-order chi connectivity index (χ1) is 13.6. The molecule has 0 N–H and O–H groups in total. The van der Waals surface area contributed by atoms with Crippen molar-refractivity contribution in [3.63, 3.8) is 0 Å². The smallest absolute Gasteiger partial charge is 0.127 e. The summed E-state index contributed by atoms with van der Waals surface area (Å²) in [5.41, 5.74) is 2.27. The van der Waals surface area contributed by atoms with Crippen LogP contribution in [0.4, 0.5) is 0 Å². The van der Waals surface area contributed by atoms with E-state index in [4.69, 9.17) is 9.47 Å². The van der Waals surface area contributed by atoms with Gasteiger partial charge in [-0.25, -0.2) is 9.97 Å². The van der Waals surface area contributed by atoms with Gasteiger partial charge in [-0.1, -0.05) is 24.3 Å². The number of hydrogen-bond donors (Lipinski definition) is 0. The van der Waals surface area contributed by atoms with Crippen molar-refractivity contribution in [3.05, 3.63) is 70.9 Å². The van der Waals surface area contributed by atoms with E-state index in [0.29, 0.717) is 0 Å². The molecule has 4 aromatic rings. The molecule has 0 amide bonds. The molecule has 0 radical (unpaired) electrons. The van der Waals surface area contributed by atoms with Crippen LogP contribution in [0.3, 0.4) is 0 Å². The second kappa shape index (κ2) is 9.48. The zero-order chi connectivity index (χ0) is 19.9. The SMILES string of the molecule is COc1cccc(-c2cnc(C)s2)c1.COc1ccccc1-c1cnc(C)s1. The molecule has 144 valence electrons. The Balaban J connectivity index is 0.000000161. The number of aryl methyl sites for hydroxylation is 2. The van der Waals surface area contributed by atoms with Gasteiger partial charge in [0, 0.05) is 18.0 Å². The van der Waals surface area contributed by atoms with E-state index in [2.05, 4.69) is 16.0 Å². The number of nitrogens with zero attached hydrogens (tertiary/aromatic N) is 2. The number of aromatic nitrogens is 2. The molecule has 6 heteroatoms. The Labute approximate surface area is 173 Å². The summed E-state index contributed by atoms with van der Waals surface area (Å²) in [6, 6.07) is 16.0. The largest absolute Gasteiger partial charge is 0.497 e. The third-order valence-electron chi connectivity index (χ3n) is 3.97. The minimum Gasteiger partial charge on any atom is -0.497 e. The van der Waals surface area contributed by atoms with Crippen LogP contribution in [0.5, 0.6) is 11.5 Å². The summed E-state index contributed by atoms with van der Waals surface area (Å²) < 4.78 is 10.5. The third kappa shape index (κ3) is 4.97. The predicted octanol–water partition coefficient (Wildman–Crippen LogP) is 6.25. The number of rotatable bonds is 4. The van der Waals surface area contributed by atoms with Crippen molar-refractivity contribution < 1.29 is 9.47 Å². The van der Waals surface area contributed by atoms with Crippen LogP contribution < -0.4 is 9.47 Å². The molecule has 0 unspecified atom stereocenters. The van der Waals surface area contributed by atoms with Gasteiger partial charge in [0.15, 0.2) is 0 Å². The van der Waals surface area contributed by atoms with E-state index >= 15 is 0 Å². The van der Waals surface area contributed by atoms with Crippen LogP contribution in [0.25, 0.3) is 20.9 Å². The maximum atomic E-state index is 5.29. The second-order valence-corrected chi connectivity index (χ2v) is 8.39. The molecule has 0 atom stereocenters. The molecule has 0 bridgehead atoms. The summed E-state index contributed by atoms with van der Waals surface area (Å²) in [7, 11) is 3.36. The first-order valence-corrected chi connectivity index (χ1v) is 10.4. The second-order valence-electron chi connectivity index (χ2n) is 5.92. The van der Waals surface area contributed by atoms with Crippen LogP contribution in [0, 0.1) is 13.8 Å². The molecule has 0 aliphatic heterocycles. The molecule has 0 spiro atoms. The van der Waals surface area contributed by atoms with Crippen molar-refractivity contribution in [2.24, 2.45) is 0 Å². The van der Waals surface area contributed by atoms with E-state index in [9.17, 15) is 0 Å². The van der Waals surface area contributed by atoms with E-state index in [0.717, 1.165) is 37.5 Å². The van der Waals surface area contributed by atoms with Gasteiger partial charge in [0.05, 0.1) is 34.0 Å². The fourth-order valence-corrected chi connectivity index (χ4v) is 4.19. The Hall–Kier alpha value is -2.70. The third-order valence-corrected chi connectivity index (χ3v) is 5.88. The molecule has 2 heterocycles. The van der Waals surface area contributed by atoms with Crippen molar-refractivity contribution in [1.29, 1.82) is 0 Å². The minimum absolute atomic E-state index is 0.883. The molecular weight excluding hydrogens is 388 g/mol. The fourth-order valence-electron chi connectivity index (χ4n) is 2.61. The zero-order valence-electron chi connectivity index (χ0n) is 16.3. The molecule has 0 aliphatic rings. The lowest BCUT2D eigenvalue weighted by atomic mass is 10.2. The van der Waals surface area contributed by atoms with Crippen molar-refractivity contribution >= 4 is 22.7 Å². The van der Waals surface area contributed by atoms with Gasteiger partial charge in [-0.2, -0.15) is 0 Å². The van der Waals surface area contributed by atoms with Crippen LogP contribution in [0.2, 0.25) is 0 Å². The monoisotopic (exact) mass is 410 g/mol. The van der Waals surface area contributed by atoms with Crippen LogP contribution in [-0.4, -0.2) is 24.2 Å². The van der Waals surface area contributed by atoms with E-state index < -0.39 is 0 Å². The lowest BCUT2D eigenvalue weighted by Crippen LogP contribution is -1.84. The van der Waals surface area contributed by atoms with Gasteiger partial charge in [0.25, 0.3) is 0 Å². The number of methoxy groups -OCH3 is 2. The van der Waals surface area contributed by atoms with Crippen LogP contribution in [-0.2, 0) is 0 Å². The molecule has 4 nitrogen and oxygen atoms in total. The molecule has 0 saturated carbocycles. The van der Waals surface area contributed by atoms with Gasteiger partial charge in [-0.15, -0.1) is 22.7 Å². The Morgan fingerprint density at radius 3 is 2.04 bits per heavy atom. The van der Waals surface area contributed by atoms with Crippen LogP contribution >= 0.6 is 22.7 Å². The number of ether oxygens (including phenoxy) is 2. The average Bonchev–Trinajstić information content (AvgIpc) is 3.37.